The Morgan fingerprint density at radius 3 is 2.56 bits per heavy atom. The fraction of sp³-hybridized carbons (Fsp3) is 0.208. The molecule has 0 fully saturated rings. The second-order valence-electron chi connectivity index (χ2n) is 7.67. The van der Waals surface area contributed by atoms with Gasteiger partial charge in [-0.25, -0.2) is 5.43 Å². The molecule has 7 nitrogen and oxygen atoms in total. The van der Waals surface area contributed by atoms with Crippen LogP contribution in [0.4, 0.5) is 5.69 Å². The highest BCUT2D eigenvalue weighted by Gasteiger charge is 2.28. The molecule has 2 amide bonds. The zero-order chi connectivity index (χ0) is 22.8. The standard InChI is InChI=1S/C24H22ClN3O4/c1-13-6-9-16(25)12-19(13)26-24(31)22-14(2)21-18(4-3-5-20(21)32-22)27-28-23(30)15-7-10-17(29)11-8-15/h6-12,29H,3-5H2,1-2H3,(H,26,31)(H,28,30)/b27-18+. The van der Waals surface area contributed by atoms with Gasteiger partial charge in [-0.2, -0.15) is 5.10 Å². The monoisotopic (exact) mass is 451 g/mol. The summed E-state index contributed by atoms with van der Waals surface area (Å²) < 4.78 is 5.91. The summed E-state index contributed by atoms with van der Waals surface area (Å²) in [4.78, 5) is 25.3. The maximum absolute atomic E-state index is 12.9. The van der Waals surface area contributed by atoms with Gasteiger partial charge in [-0.15, -0.1) is 0 Å². The number of aryl methyl sites for hydroxylation is 2. The van der Waals surface area contributed by atoms with Crippen molar-refractivity contribution < 1.29 is 19.1 Å². The first-order valence-electron chi connectivity index (χ1n) is 10.2. The van der Waals surface area contributed by atoms with E-state index in [4.69, 9.17) is 16.0 Å². The van der Waals surface area contributed by atoms with Crippen LogP contribution in [-0.4, -0.2) is 22.6 Å². The lowest BCUT2D eigenvalue weighted by Crippen LogP contribution is -2.22. The molecular formula is C24H22ClN3O4. The van der Waals surface area contributed by atoms with Crippen molar-refractivity contribution in [3.63, 3.8) is 0 Å². The van der Waals surface area contributed by atoms with E-state index in [-0.39, 0.29) is 23.3 Å². The number of rotatable bonds is 4. The Morgan fingerprint density at radius 1 is 1.06 bits per heavy atom. The van der Waals surface area contributed by atoms with Crippen molar-refractivity contribution in [1.29, 1.82) is 0 Å². The number of hydrazone groups is 1. The number of benzene rings is 2. The molecule has 1 heterocycles. The summed E-state index contributed by atoms with van der Waals surface area (Å²) in [6.07, 6.45) is 2.13. The fourth-order valence-electron chi connectivity index (χ4n) is 3.70. The second kappa shape index (κ2) is 8.88. The number of fused-ring (bicyclic) bond motifs is 1. The Balaban J connectivity index is 1.57. The van der Waals surface area contributed by atoms with Gasteiger partial charge in [0.1, 0.15) is 11.5 Å². The molecule has 8 heteroatoms. The van der Waals surface area contributed by atoms with E-state index in [0.29, 0.717) is 46.2 Å². The largest absolute Gasteiger partial charge is 0.508 e. The molecule has 0 saturated heterocycles. The van der Waals surface area contributed by atoms with Crippen molar-refractivity contribution in [1.82, 2.24) is 5.43 Å². The highest BCUT2D eigenvalue weighted by molar-refractivity contribution is 6.31. The number of phenolic OH excluding ortho intramolecular Hbond substituents is 1. The summed E-state index contributed by atoms with van der Waals surface area (Å²) in [6.45, 7) is 3.69. The first-order valence-corrected chi connectivity index (χ1v) is 10.6. The lowest BCUT2D eigenvalue weighted by molar-refractivity contribution is 0.0953. The molecular weight excluding hydrogens is 430 g/mol. The third-order valence-electron chi connectivity index (χ3n) is 5.40. The summed E-state index contributed by atoms with van der Waals surface area (Å²) in [7, 11) is 0. The molecule has 0 unspecified atom stereocenters. The van der Waals surface area contributed by atoms with Gasteiger partial charge in [0.2, 0.25) is 0 Å². The van der Waals surface area contributed by atoms with Gasteiger partial charge in [0, 0.05) is 33.8 Å². The van der Waals surface area contributed by atoms with Crippen LogP contribution in [0.5, 0.6) is 5.75 Å². The molecule has 0 atom stereocenters. The van der Waals surface area contributed by atoms with E-state index < -0.39 is 0 Å². The van der Waals surface area contributed by atoms with Crippen LogP contribution in [0.1, 0.15) is 56.2 Å². The molecule has 1 aliphatic carbocycles. The lowest BCUT2D eigenvalue weighted by Gasteiger charge is -2.13. The minimum absolute atomic E-state index is 0.0811. The zero-order valence-electron chi connectivity index (χ0n) is 17.7. The molecule has 0 saturated carbocycles. The van der Waals surface area contributed by atoms with Crippen LogP contribution < -0.4 is 10.7 Å². The number of hydrogen-bond acceptors (Lipinski definition) is 5. The van der Waals surface area contributed by atoms with E-state index in [2.05, 4.69) is 15.8 Å². The van der Waals surface area contributed by atoms with Gasteiger partial charge < -0.3 is 14.8 Å². The minimum atomic E-state index is -0.389. The molecule has 32 heavy (non-hydrogen) atoms. The van der Waals surface area contributed by atoms with Crippen LogP contribution in [0, 0.1) is 13.8 Å². The molecule has 0 spiro atoms. The molecule has 3 aromatic rings. The normalized spacial score (nSPS) is 14.2. The molecule has 0 aliphatic heterocycles. The van der Waals surface area contributed by atoms with E-state index in [9.17, 15) is 14.7 Å². The van der Waals surface area contributed by atoms with Crippen LogP contribution in [0.25, 0.3) is 0 Å². The van der Waals surface area contributed by atoms with Crippen LogP contribution >= 0.6 is 11.6 Å². The predicted molar refractivity (Wildman–Crippen MR) is 123 cm³/mol. The Morgan fingerprint density at radius 2 is 1.81 bits per heavy atom. The number of amides is 2. The Hall–Kier alpha value is -3.58. The van der Waals surface area contributed by atoms with Crippen molar-refractivity contribution >= 4 is 34.8 Å². The number of hydrogen-bond donors (Lipinski definition) is 3. The Bertz CT molecular complexity index is 1230. The topological polar surface area (TPSA) is 104 Å². The minimum Gasteiger partial charge on any atom is -0.508 e. The molecule has 0 bridgehead atoms. The van der Waals surface area contributed by atoms with Crippen molar-refractivity contribution in [2.75, 3.05) is 5.32 Å². The van der Waals surface area contributed by atoms with Crippen molar-refractivity contribution in [3.05, 3.63) is 81.3 Å². The summed E-state index contributed by atoms with van der Waals surface area (Å²) in [5, 5.41) is 17.1. The van der Waals surface area contributed by atoms with Crippen molar-refractivity contribution in [3.8, 4) is 5.75 Å². The highest BCUT2D eigenvalue weighted by Crippen LogP contribution is 2.31. The highest BCUT2D eigenvalue weighted by atomic mass is 35.5. The van der Waals surface area contributed by atoms with Crippen molar-refractivity contribution in [2.24, 2.45) is 5.10 Å². The molecule has 0 radical (unpaired) electrons. The van der Waals surface area contributed by atoms with E-state index >= 15 is 0 Å². The van der Waals surface area contributed by atoms with Crippen LogP contribution in [0.15, 0.2) is 52.0 Å². The Labute approximate surface area is 190 Å². The quantitative estimate of drug-likeness (QED) is 0.486. The first kappa shape index (κ1) is 21.6. The number of carbonyl (C=O) groups excluding carboxylic acids is 2. The molecule has 2 aromatic carbocycles. The number of furan rings is 1. The van der Waals surface area contributed by atoms with Gasteiger partial charge in [0.15, 0.2) is 5.76 Å². The molecule has 1 aromatic heterocycles. The van der Waals surface area contributed by atoms with Gasteiger partial charge in [0.25, 0.3) is 11.8 Å². The molecule has 4 rings (SSSR count). The molecule has 3 N–H and O–H groups in total. The van der Waals surface area contributed by atoms with Crippen LogP contribution in [0.2, 0.25) is 5.02 Å². The maximum Gasteiger partial charge on any atom is 0.291 e. The average molecular weight is 452 g/mol. The van der Waals surface area contributed by atoms with Crippen molar-refractivity contribution in [2.45, 2.75) is 33.1 Å². The smallest absolute Gasteiger partial charge is 0.291 e. The van der Waals surface area contributed by atoms with E-state index in [1.165, 1.54) is 24.3 Å². The first-order chi connectivity index (χ1) is 15.3. The summed E-state index contributed by atoms with van der Waals surface area (Å²) in [5.74, 6) is 0.223. The van der Waals surface area contributed by atoms with Gasteiger partial charge in [-0.3, -0.25) is 9.59 Å². The number of anilines is 1. The molecule has 164 valence electrons. The zero-order valence-corrected chi connectivity index (χ0v) is 18.4. The van der Waals surface area contributed by atoms with Gasteiger partial charge in [0.05, 0.1) is 5.71 Å². The summed E-state index contributed by atoms with van der Waals surface area (Å²) in [6, 6.07) is 11.2. The predicted octanol–water partition coefficient (Wildman–Crippen LogP) is 4.98. The lowest BCUT2D eigenvalue weighted by atomic mass is 9.93. The summed E-state index contributed by atoms with van der Waals surface area (Å²) >= 11 is 6.05. The fourth-order valence-corrected chi connectivity index (χ4v) is 3.87. The van der Waals surface area contributed by atoms with Crippen LogP contribution in [0.3, 0.4) is 0 Å². The van der Waals surface area contributed by atoms with Gasteiger partial charge in [-0.1, -0.05) is 17.7 Å². The van der Waals surface area contributed by atoms with E-state index in [1.807, 2.05) is 19.9 Å². The third kappa shape index (κ3) is 4.38. The number of nitrogens with zero attached hydrogens (tertiary/aromatic N) is 1. The summed E-state index contributed by atoms with van der Waals surface area (Å²) in [5.41, 5.74) is 6.54. The van der Waals surface area contributed by atoms with Gasteiger partial charge in [-0.05, 0) is 68.7 Å². The number of nitrogens with one attached hydrogen (secondary N) is 2. The number of aromatic hydroxyl groups is 1. The molecule has 1 aliphatic rings. The average Bonchev–Trinajstić information content (AvgIpc) is 3.12. The number of halogens is 1. The van der Waals surface area contributed by atoms with E-state index in [0.717, 1.165) is 17.5 Å². The number of phenols is 1. The third-order valence-corrected chi connectivity index (χ3v) is 5.64. The second-order valence-corrected chi connectivity index (χ2v) is 8.10. The number of carbonyl (C=O) groups is 2. The maximum atomic E-state index is 12.9. The van der Waals surface area contributed by atoms with Crippen LogP contribution in [-0.2, 0) is 6.42 Å². The van der Waals surface area contributed by atoms with E-state index in [1.54, 1.807) is 12.1 Å². The SMILES string of the molecule is Cc1ccc(Cl)cc1NC(=O)c1oc2c(c1C)/C(=N/NC(=O)c1ccc(O)cc1)CCC2. The Kier molecular flexibility index (Phi) is 6.01. The van der Waals surface area contributed by atoms with Gasteiger partial charge >= 0.3 is 0 Å².